The SMILES string of the molecule is CC/C=C\COC(=O)OC(C(C)C)C(C)C.CC/C=C\COC(=O)OC(C(C)C)C(C)C. The van der Waals surface area contributed by atoms with Gasteiger partial charge < -0.3 is 18.9 Å². The Morgan fingerprint density at radius 2 is 0.844 bits per heavy atom. The topological polar surface area (TPSA) is 71.1 Å². The molecule has 0 aromatic rings. The second-order valence-corrected chi connectivity index (χ2v) is 9.02. The predicted octanol–water partition coefficient (Wildman–Crippen LogP) is 7.57. The third kappa shape index (κ3) is 17.7. The number of carbonyl (C=O) groups excluding carboxylic acids is 2. The van der Waals surface area contributed by atoms with Gasteiger partial charge in [0.15, 0.2) is 0 Å². The molecule has 0 saturated carbocycles. The lowest BCUT2D eigenvalue weighted by Gasteiger charge is -2.24. The summed E-state index contributed by atoms with van der Waals surface area (Å²) in [6.07, 6.45) is 8.12. The first kappa shape index (κ1) is 32.2. The molecule has 0 spiro atoms. The molecule has 0 atom stereocenters. The van der Waals surface area contributed by atoms with Crippen molar-refractivity contribution in [2.45, 2.75) is 94.3 Å². The van der Waals surface area contributed by atoms with Gasteiger partial charge in [0.25, 0.3) is 0 Å². The highest BCUT2D eigenvalue weighted by Crippen LogP contribution is 2.17. The Balaban J connectivity index is 0. The van der Waals surface area contributed by atoms with Crippen LogP contribution in [0.3, 0.4) is 0 Å². The number of hydrogen-bond donors (Lipinski definition) is 0. The lowest BCUT2D eigenvalue weighted by molar-refractivity contribution is -0.00680. The molecule has 0 fully saturated rings. The van der Waals surface area contributed by atoms with Crippen LogP contribution in [0, 0.1) is 23.7 Å². The molecule has 0 bridgehead atoms. The normalized spacial score (nSPS) is 11.8. The molecule has 32 heavy (non-hydrogen) atoms. The lowest BCUT2D eigenvalue weighted by atomic mass is 9.96. The average Bonchev–Trinajstić information content (AvgIpc) is 2.70. The summed E-state index contributed by atoms with van der Waals surface area (Å²) in [7, 11) is 0. The van der Waals surface area contributed by atoms with E-state index in [1.165, 1.54) is 0 Å². The summed E-state index contributed by atoms with van der Waals surface area (Å²) >= 11 is 0. The number of hydrogen-bond acceptors (Lipinski definition) is 6. The average molecular weight is 457 g/mol. The van der Waals surface area contributed by atoms with Crippen LogP contribution < -0.4 is 0 Å². The van der Waals surface area contributed by atoms with Crippen LogP contribution in [-0.2, 0) is 18.9 Å². The molecule has 0 saturated heterocycles. The summed E-state index contributed by atoms with van der Waals surface area (Å²) < 4.78 is 20.4. The van der Waals surface area contributed by atoms with Crippen LogP contribution in [0.1, 0.15) is 82.1 Å². The Labute approximate surface area is 196 Å². The highest BCUT2D eigenvalue weighted by Gasteiger charge is 2.23. The van der Waals surface area contributed by atoms with Gasteiger partial charge in [0.1, 0.15) is 25.4 Å². The van der Waals surface area contributed by atoms with E-state index in [1.54, 1.807) is 0 Å². The van der Waals surface area contributed by atoms with Crippen LogP contribution in [0.4, 0.5) is 9.59 Å². The summed E-state index contributed by atoms with van der Waals surface area (Å²) in [5.41, 5.74) is 0. The van der Waals surface area contributed by atoms with E-state index in [0.29, 0.717) is 23.7 Å². The van der Waals surface area contributed by atoms with Crippen LogP contribution in [0.2, 0.25) is 0 Å². The molecule has 0 unspecified atom stereocenters. The van der Waals surface area contributed by atoms with E-state index in [2.05, 4.69) is 0 Å². The molecular formula is C26H48O6. The number of ether oxygens (including phenoxy) is 4. The molecule has 0 heterocycles. The molecule has 188 valence electrons. The van der Waals surface area contributed by atoms with Crippen molar-refractivity contribution in [1.82, 2.24) is 0 Å². The molecule has 0 radical (unpaired) electrons. The van der Waals surface area contributed by atoms with Gasteiger partial charge in [-0.3, -0.25) is 0 Å². The zero-order chi connectivity index (χ0) is 25.1. The summed E-state index contributed by atoms with van der Waals surface area (Å²) in [4.78, 5) is 22.7. The molecule has 6 nitrogen and oxygen atoms in total. The Kier molecular flexibility index (Phi) is 19.8. The Hall–Kier alpha value is -1.98. The number of rotatable bonds is 12. The maximum atomic E-state index is 11.3. The van der Waals surface area contributed by atoms with Gasteiger partial charge in [-0.05, 0) is 36.5 Å². The van der Waals surface area contributed by atoms with E-state index in [4.69, 9.17) is 18.9 Å². The van der Waals surface area contributed by atoms with Gasteiger partial charge >= 0.3 is 12.3 Å². The summed E-state index contributed by atoms with van der Waals surface area (Å²) in [5, 5.41) is 0. The molecule has 0 amide bonds. The third-order valence-electron chi connectivity index (χ3n) is 4.49. The minimum Gasteiger partial charge on any atom is -0.430 e. The van der Waals surface area contributed by atoms with Gasteiger partial charge in [-0.15, -0.1) is 0 Å². The molecule has 0 aliphatic heterocycles. The minimum absolute atomic E-state index is 0.0809. The summed E-state index contributed by atoms with van der Waals surface area (Å²) in [6.45, 7) is 20.9. The van der Waals surface area contributed by atoms with Crippen molar-refractivity contribution in [2.24, 2.45) is 23.7 Å². The first-order valence-electron chi connectivity index (χ1n) is 11.9. The molecular weight excluding hydrogens is 408 g/mol. The van der Waals surface area contributed by atoms with Crippen molar-refractivity contribution in [2.75, 3.05) is 13.2 Å². The van der Waals surface area contributed by atoms with Crippen molar-refractivity contribution in [1.29, 1.82) is 0 Å². The largest absolute Gasteiger partial charge is 0.508 e. The smallest absolute Gasteiger partial charge is 0.430 e. The first-order valence-corrected chi connectivity index (χ1v) is 11.9. The molecule has 0 aliphatic rings. The Morgan fingerprint density at radius 1 is 0.562 bits per heavy atom. The third-order valence-corrected chi connectivity index (χ3v) is 4.49. The second kappa shape index (κ2) is 19.7. The van der Waals surface area contributed by atoms with Gasteiger partial charge in [0.2, 0.25) is 0 Å². The zero-order valence-electron chi connectivity index (χ0n) is 22.1. The Morgan fingerprint density at radius 3 is 1.06 bits per heavy atom. The van der Waals surface area contributed by atoms with Gasteiger partial charge in [-0.25, -0.2) is 9.59 Å². The van der Waals surface area contributed by atoms with E-state index < -0.39 is 12.3 Å². The fraction of sp³-hybridized carbons (Fsp3) is 0.769. The fourth-order valence-electron chi connectivity index (χ4n) is 3.08. The molecule has 0 aromatic carbocycles. The van der Waals surface area contributed by atoms with Gasteiger partial charge in [0, 0.05) is 0 Å². The predicted molar refractivity (Wildman–Crippen MR) is 131 cm³/mol. The zero-order valence-corrected chi connectivity index (χ0v) is 22.1. The highest BCUT2D eigenvalue weighted by molar-refractivity contribution is 5.60. The quantitative estimate of drug-likeness (QED) is 0.223. The number of carbonyl (C=O) groups is 2. The van der Waals surface area contributed by atoms with Crippen LogP contribution in [0.5, 0.6) is 0 Å². The molecule has 0 aliphatic carbocycles. The van der Waals surface area contributed by atoms with Gasteiger partial charge in [-0.1, -0.05) is 93.5 Å². The van der Waals surface area contributed by atoms with E-state index in [0.717, 1.165) is 12.8 Å². The van der Waals surface area contributed by atoms with Crippen LogP contribution in [0.15, 0.2) is 24.3 Å². The van der Waals surface area contributed by atoms with Crippen LogP contribution in [-0.4, -0.2) is 37.7 Å². The van der Waals surface area contributed by atoms with Crippen LogP contribution >= 0.6 is 0 Å². The second-order valence-electron chi connectivity index (χ2n) is 9.02. The van der Waals surface area contributed by atoms with E-state index in [-0.39, 0.29) is 25.4 Å². The van der Waals surface area contributed by atoms with Crippen molar-refractivity contribution in [3.8, 4) is 0 Å². The summed E-state index contributed by atoms with van der Waals surface area (Å²) in [5.74, 6) is 1.22. The van der Waals surface area contributed by atoms with E-state index in [1.807, 2.05) is 93.5 Å². The van der Waals surface area contributed by atoms with E-state index >= 15 is 0 Å². The molecule has 0 N–H and O–H groups in total. The minimum atomic E-state index is -0.576. The van der Waals surface area contributed by atoms with Crippen molar-refractivity contribution in [3.05, 3.63) is 24.3 Å². The standard InChI is InChI=1S/2C13H24O3/c2*1-6-7-8-9-15-13(14)16-12(10(2)3)11(4)5/h2*7-8,10-12H,6,9H2,1-5H3/b2*8-7-. The maximum Gasteiger partial charge on any atom is 0.508 e. The molecule has 0 aromatic heterocycles. The van der Waals surface area contributed by atoms with Gasteiger partial charge in [-0.2, -0.15) is 0 Å². The Bertz CT molecular complexity index is 470. The first-order chi connectivity index (χ1) is 15.0. The van der Waals surface area contributed by atoms with Crippen molar-refractivity contribution < 1.29 is 28.5 Å². The number of allylic oxidation sites excluding steroid dienone is 2. The highest BCUT2D eigenvalue weighted by atomic mass is 16.7. The summed E-state index contributed by atoms with van der Waals surface area (Å²) in [6, 6.07) is 0. The maximum absolute atomic E-state index is 11.3. The molecule has 0 rings (SSSR count). The van der Waals surface area contributed by atoms with E-state index in [9.17, 15) is 9.59 Å². The van der Waals surface area contributed by atoms with Crippen LogP contribution in [0.25, 0.3) is 0 Å². The lowest BCUT2D eigenvalue weighted by Crippen LogP contribution is -2.29. The fourth-order valence-corrected chi connectivity index (χ4v) is 3.08. The van der Waals surface area contributed by atoms with Crippen molar-refractivity contribution in [3.63, 3.8) is 0 Å². The molecule has 6 heteroatoms. The van der Waals surface area contributed by atoms with Gasteiger partial charge in [0.05, 0.1) is 0 Å². The monoisotopic (exact) mass is 456 g/mol. The van der Waals surface area contributed by atoms with Crippen molar-refractivity contribution >= 4 is 12.3 Å².